The van der Waals surface area contributed by atoms with Crippen molar-refractivity contribution in [2.75, 3.05) is 18.5 Å². The van der Waals surface area contributed by atoms with Crippen molar-refractivity contribution >= 4 is 28.6 Å². The molecule has 2 aromatic rings. The first-order valence-corrected chi connectivity index (χ1v) is 7.34. The first-order valence-electron chi connectivity index (χ1n) is 6.14. The average molecular weight is 317 g/mol. The van der Waals surface area contributed by atoms with Crippen LogP contribution in [0, 0.1) is 11.6 Å². The van der Waals surface area contributed by atoms with Gasteiger partial charge in [0.25, 0.3) is 0 Å². The van der Waals surface area contributed by atoms with Gasteiger partial charge in [0.15, 0.2) is 0 Å². The number of benzene rings is 1. The highest BCUT2D eigenvalue weighted by atomic mass is 35.5. The molecule has 0 spiro atoms. The second-order valence-corrected chi connectivity index (χ2v) is 6.31. The Bertz CT molecular complexity index is 578. The third-order valence-electron chi connectivity index (χ3n) is 2.91. The Morgan fingerprint density at radius 3 is 2.40 bits per heavy atom. The van der Waals surface area contributed by atoms with Crippen LogP contribution in [0.2, 0.25) is 4.34 Å². The molecular formula is C14H15ClF2N2S. The summed E-state index contributed by atoms with van der Waals surface area (Å²) in [7, 11) is 1.65. The molecule has 0 unspecified atom stereocenters. The normalized spacial score (nSPS) is 10.8. The van der Waals surface area contributed by atoms with Crippen LogP contribution in [0.15, 0.2) is 24.3 Å². The molecule has 0 fully saturated rings. The van der Waals surface area contributed by atoms with E-state index in [4.69, 9.17) is 17.3 Å². The number of thiophene rings is 1. The predicted molar refractivity (Wildman–Crippen MR) is 80.6 cm³/mol. The Hall–Kier alpha value is -1.17. The molecule has 2 nitrogen and oxygen atoms in total. The largest absolute Gasteiger partial charge is 0.365 e. The van der Waals surface area contributed by atoms with Crippen molar-refractivity contribution in [3.05, 3.63) is 50.7 Å². The molecule has 2 rings (SSSR count). The van der Waals surface area contributed by atoms with Gasteiger partial charge in [0.2, 0.25) is 0 Å². The number of halogens is 3. The molecule has 0 amide bonds. The highest BCUT2D eigenvalue weighted by molar-refractivity contribution is 7.16. The molecule has 0 saturated carbocycles. The van der Waals surface area contributed by atoms with Crippen molar-refractivity contribution in [1.82, 2.24) is 0 Å². The molecule has 1 aromatic carbocycles. The Morgan fingerprint density at radius 2 is 1.90 bits per heavy atom. The van der Waals surface area contributed by atoms with Crippen LogP contribution < -0.4 is 10.6 Å². The van der Waals surface area contributed by atoms with Crippen LogP contribution in [0.4, 0.5) is 14.5 Å². The van der Waals surface area contributed by atoms with Gasteiger partial charge in [-0.25, -0.2) is 8.78 Å². The minimum Gasteiger partial charge on any atom is -0.365 e. The van der Waals surface area contributed by atoms with E-state index in [1.165, 1.54) is 23.5 Å². The fraction of sp³-hybridized carbons (Fsp3) is 0.286. The summed E-state index contributed by atoms with van der Waals surface area (Å²) in [4.78, 5) is 2.49. The molecule has 0 bridgehead atoms. The fourth-order valence-corrected chi connectivity index (χ4v) is 3.18. The molecule has 0 aliphatic carbocycles. The zero-order chi connectivity index (χ0) is 14.7. The molecule has 0 aliphatic heterocycles. The third-order valence-corrected chi connectivity index (χ3v) is 4.13. The lowest BCUT2D eigenvalue weighted by Crippen LogP contribution is -2.19. The van der Waals surface area contributed by atoms with Crippen molar-refractivity contribution in [2.24, 2.45) is 5.73 Å². The van der Waals surface area contributed by atoms with E-state index >= 15 is 0 Å². The highest BCUT2D eigenvalue weighted by Gasteiger charge is 2.16. The van der Waals surface area contributed by atoms with Gasteiger partial charge in [-0.15, -0.1) is 11.3 Å². The Morgan fingerprint density at radius 1 is 1.25 bits per heavy atom. The maximum absolute atomic E-state index is 14.0. The van der Waals surface area contributed by atoms with E-state index in [0.29, 0.717) is 29.4 Å². The van der Waals surface area contributed by atoms with Crippen LogP contribution >= 0.6 is 22.9 Å². The van der Waals surface area contributed by atoms with Gasteiger partial charge in [-0.05, 0) is 42.8 Å². The third kappa shape index (κ3) is 3.48. The Balaban J connectivity index is 2.23. The summed E-state index contributed by atoms with van der Waals surface area (Å²) in [6.45, 7) is 0.767. The Kier molecular flexibility index (Phi) is 4.96. The molecular weight excluding hydrogens is 302 g/mol. The standard InChI is InChI=1S/C14H15ClF2N2S/c1-19(8-10-2-3-13(15)20-10)14-11(16)6-9(4-5-18)7-12(14)17/h2-3,6-7H,4-5,8,18H2,1H3. The first-order chi connectivity index (χ1) is 9.51. The first kappa shape index (κ1) is 15.2. The molecule has 108 valence electrons. The summed E-state index contributed by atoms with van der Waals surface area (Å²) >= 11 is 7.24. The second kappa shape index (κ2) is 6.52. The van der Waals surface area contributed by atoms with E-state index in [2.05, 4.69) is 0 Å². The van der Waals surface area contributed by atoms with Crippen molar-refractivity contribution in [2.45, 2.75) is 13.0 Å². The maximum Gasteiger partial charge on any atom is 0.149 e. The number of anilines is 1. The summed E-state index contributed by atoms with van der Waals surface area (Å²) in [5.41, 5.74) is 5.93. The molecule has 1 aromatic heterocycles. The Labute approximate surface area is 125 Å². The SMILES string of the molecule is CN(Cc1ccc(Cl)s1)c1c(F)cc(CCN)cc1F. The summed E-state index contributed by atoms with van der Waals surface area (Å²) in [5, 5.41) is 0. The van der Waals surface area contributed by atoms with Gasteiger partial charge < -0.3 is 10.6 Å². The molecule has 0 aliphatic rings. The lowest BCUT2D eigenvalue weighted by Gasteiger charge is -2.20. The molecule has 0 atom stereocenters. The summed E-state index contributed by atoms with van der Waals surface area (Å²) in [6, 6.07) is 6.29. The quantitative estimate of drug-likeness (QED) is 0.908. The fourth-order valence-electron chi connectivity index (χ4n) is 2.04. The van der Waals surface area contributed by atoms with Crippen LogP contribution in [-0.4, -0.2) is 13.6 Å². The van der Waals surface area contributed by atoms with Crippen molar-refractivity contribution < 1.29 is 8.78 Å². The maximum atomic E-state index is 14.0. The smallest absolute Gasteiger partial charge is 0.149 e. The van der Waals surface area contributed by atoms with Gasteiger partial charge in [-0.1, -0.05) is 11.6 Å². The van der Waals surface area contributed by atoms with E-state index in [1.54, 1.807) is 18.0 Å². The van der Waals surface area contributed by atoms with Crippen LogP contribution in [0.3, 0.4) is 0 Å². The minimum atomic E-state index is -0.571. The molecule has 0 saturated heterocycles. The molecule has 1 heterocycles. The van der Waals surface area contributed by atoms with Crippen LogP contribution in [0.25, 0.3) is 0 Å². The monoisotopic (exact) mass is 316 g/mol. The van der Waals surface area contributed by atoms with Gasteiger partial charge in [0, 0.05) is 11.9 Å². The van der Waals surface area contributed by atoms with E-state index in [9.17, 15) is 8.78 Å². The summed E-state index contributed by atoms with van der Waals surface area (Å²) in [6.07, 6.45) is 0.457. The number of nitrogens with zero attached hydrogens (tertiary/aromatic N) is 1. The number of nitrogens with two attached hydrogens (primary N) is 1. The van der Waals surface area contributed by atoms with E-state index < -0.39 is 11.6 Å². The zero-order valence-corrected chi connectivity index (χ0v) is 12.6. The van der Waals surface area contributed by atoms with E-state index in [0.717, 1.165) is 4.88 Å². The number of hydrogen-bond donors (Lipinski definition) is 1. The topological polar surface area (TPSA) is 29.3 Å². The van der Waals surface area contributed by atoms with Crippen molar-refractivity contribution in [3.8, 4) is 0 Å². The lowest BCUT2D eigenvalue weighted by molar-refractivity contribution is 0.573. The van der Waals surface area contributed by atoms with Crippen LogP contribution in [-0.2, 0) is 13.0 Å². The molecule has 6 heteroatoms. The number of hydrogen-bond acceptors (Lipinski definition) is 3. The van der Waals surface area contributed by atoms with E-state index in [1.807, 2.05) is 6.07 Å². The zero-order valence-electron chi connectivity index (χ0n) is 11.0. The highest BCUT2D eigenvalue weighted by Crippen LogP contribution is 2.28. The molecule has 2 N–H and O–H groups in total. The lowest BCUT2D eigenvalue weighted by atomic mass is 10.1. The molecule has 0 radical (unpaired) electrons. The van der Waals surface area contributed by atoms with Gasteiger partial charge in [0.1, 0.15) is 17.3 Å². The van der Waals surface area contributed by atoms with Gasteiger partial charge in [-0.3, -0.25) is 0 Å². The second-order valence-electron chi connectivity index (χ2n) is 4.51. The van der Waals surface area contributed by atoms with Gasteiger partial charge >= 0.3 is 0 Å². The number of rotatable bonds is 5. The predicted octanol–water partition coefficient (Wildman–Crippen LogP) is 3.82. The van der Waals surface area contributed by atoms with Crippen molar-refractivity contribution in [1.29, 1.82) is 0 Å². The van der Waals surface area contributed by atoms with Crippen LogP contribution in [0.1, 0.15) is 10.4 Å². The summed E-state index contributed by atoms with van der Waals surface area (Å²) < 4.78 is 28.8. The summed E-state index contributed by atoms with van der Waals surface area (Å²) in [5.74, 6) is -1.14. The minimum absolute atomic E-state index is 0.0321. The van der Waals surface area contributed by atoms with Crippen molar-refractivity contribution in [3.63, 3.8) is 0 Å². The molecule has 20 heavy (non-hydrogen) atoms. The van der Waals surface area contributed by atoms with Gasteiger partial charge in [-0.2, -0.15) is 0 Å². The van der Waals surface area contributed by atoms with Gasteiger partial charge in [0.05, 0.1) is 10.9 Å². The van der Waals surface area contributed by atoms with E-state index in [-0.39, 0.29) is 5.69 Å². The van der Waals surface area contributed by atoms with Crippen LogP contribution in [0.5, 0.6) is 0 Å². The average Bonchev–Trinajstić information content (AvgIpc) is 2.74.